The van der Waals surface area contributed by atoms with Crippen LogP contribution in [0.1, 0.15) is 19.8 Å². The minimum absolute atomic E-state index is 0.149. The standard InChI is InChI=1S/C23H24ClN3O4/c1-3-13-26-20(22(29)27(23(26)30)18-9-5-16(24)6-10-18)15-21(28)25-17-7-11-19(12-8-17)31-14-4-2/h3,5-12,20H,1,4,13-15H2,2H3,(H,25,28)/t20-/m1/s1. The Kier molecular flexibility index (Phi) is 7.31. The number of nitrogens with zero attached hydrogens (tertiary/aromatic N) is 2. The molecule has 162 valence electrons. The second-order valence-corrected chi connectivity index (χ2v) is 7.45. The summed E-state index contributed by atoms with van der Waals surface area (Å²) >= 11 is 5.91. The van der Waals surface area contributed by atoms with E-state index in [2.05, 4.69) is 11.9 Å². The molecule has 0 spiro atoms. The fraction of sp³-hybridized carbons (Fsp3) is 0.261. The first-order valence-corrected chi connectivity index (χ1v) is 10.4. The number of halogens is 1. The van der Waals surface area contributed by atoms with Crippen molar-refractivity contribution < 1.29 is 19.1 Å². The molecule has 0 aromatic heterocycles. The Morgan fingerprint density at radius 1 is 1.16 bits per heavy atom. The normalized spacial score (nSPS) is 15.9. The highest BCUT2D eigenvalue weighted by molar-refractivity contribution is 6.30. The maximum Gasteiger partial charge on any atom is 0.332 e. The fourth-order valence-corrected chi connectivity index (χ4v) is 3.38. The number of urea groups is 1. The van der Waals surface area contributed by atoms with E-state index in [0.29, 0.717) is 28.8 Å². The molecule has 3 rings (SSSR count). The second-order valence-electron chi connectivity index (χ2n) is 7.01. The van der Waals surface area contributed by atoms with Gasteiger partial charge in [0.05, 0.1) is 18.7 Å². The van der Waals surface area contributed by atoms with Crippen molar-refractivity contribution >= 4 is 40.8 Å². The molecule has 0 aliphatic carbocycles. The maximum atomic E-state index is 13.0. The smallest absolute Gasteiger partial charge is 0.332 e. The van der Waals surface area contributed by atoms with Crippen molar-refractivity contribution in [3.05, 3.63) is 66.2 Å². The van der Waals surface area contributed by atoms with Gasteiger partial charge in [-0.25, -0.2) is 9.69 Å². The molecule has 0 unspecified atom stereocenters. The SMILES string of the molecule is C=CCN1C(=O)N(c2ccc(Cl)cc2)C(=O)[C@H]1CC(=O)Nc1ccc(OCCC)cc1. The summed E-state index contributed by atoms with van der Waals surface area (Å²) < 4.78 is 5.53. The number of hydrogen-bond acceptors (Lipinski definition) is 4. The molecule has 1 aliphatic heterocycles. The molecule has 7 nitrogen and oxygen atoms in total. The van der Waals surface area contributed by atoms with Gasteiger partial charge in [0.25, 0.3) is 5.91 Å². The van der Waals surface area contributed by atoms with Crippen molar-refractivity contribution in [2.24, 2.45) is 0 Å². The van der Waals surface area contributed by atoms with Crippen LogP contribution in [-0.4, -0.2) is 41.9 Å². The van der Waals surface area contributed by atoms with Crippen LogP contribution in [0.15, 0.2) is 61.2 Å². The van der Waals surface area contributed by atoms with Gasteiger partial charge in [-0.05, 0) is 55.0 Å². The minimum atomic E-state index is -0.923. The van der Waals surface area contributed by atoms with Crippen molar-refractivity contribution in [3.8, 4) is 5.75 Å². The van der Waals surface area contributed by atoms with Gasteiger partial charge in [0.15, 0.2) is 0 Å². The largest absolute Gasteiger partial charge is 0.494 e. The van der Waals surface area contributed by atoms with E-state index < -0.39 is 18.0 Å². The predicted octanol–water partition coefficient (Wildman–Crippen LogP) is 4.48. The lowest BCUT2D eigenvalue weighted by Crippen LogP contribution is -2.38. The van der Waals surface area contributed by atoms with Crippen molar-refractivity contribution in [2.75, 3.05) is 23.4 Å². The highest BCUT2D eigenvalue weighted by Gasteiger charge is 2.46. The number of ether oxygens (including phenoxy) is 1. The molecule has 2 aromatic rings. The number of imide groups is 1. The number of benzene rings is 2. The maximum absolute atomic E-state index is 13.0. The van der Waals surface area contributed by atoms with Gasteiger partial charge in [0, 0.05) is 17.3 Å². The average molecular weight is 442 g/mol. The quantitative estimate of drug-likeness (QED) is 0.459. The lowest BCUT2D eigenvalue weighted by Gasteiger charge is -2.19. The molecule has 8 heteroatoms. The van der Waals surface area contributed by atoms with Crippen LogP contribution in [0.5, 0.6) is 5.75 Å². The van der Waals surface area contributed by atoms with Crippen LogP contribution in [0, 0.1) is 0 Å². The summed E-state index contributed by atoms with van der Waals surface area (Å²) in [6.07, 6.45) is 2.26. The van der Waals surface area contributed by atoms with Gasteiger partial charge in [0.2, 0.25) is 5.91 Å². The Morgan fingerprint density at radius 2 is 1.84 bits per heavy atom. The third-order valence-electron chi connectivity index (χ3n) is 4.72. The van der Waals surface area contributed by atoms with E-state index in [-0.39, 0.29) is 18.9 Å². The Balaban J connectivity index is 1.71. The fourth-order valence-electron chi connectivity index (χ4n) is 3.25. The summed E-state index contributed by atoms with van der Waals surface area (Å²) in [4.78, 5) is 40.9. The van der Waals surface area contributed by atoms with Gasteiger partial charge in [-0.1, -0.05) is 24.6 Å². The number of hydrogen-bond donors (Lipinski definition) is 1. The number of nitrogens with one attached hydrogen (secondary N) is 1. The van der Waals surface area contributed by atoms with E-state index in [1.807, 2.05) is 6.92 Å². The first-order valence-electron chi connectivity index (χ1n) is 9.98. The van der Waals surface area contributed by atoms with E-state index in [1.54, 1.807) is 48.5 Å². The van der Waals surface area contributed by atoms with Crippen LogP contribution < -0.4 is 15.0 Å². The molecule has 4 amide bonds. The third kappa shape index (κ3) is 5.24. The van der Waals surface area contributed by atoms with Crippen LogP contribution in [0.25, 0.3) is 0 Å². The zero-order chi connectivity index (χ0) is 22.4. The van der Waals surface area contributed by atoms with Gasteiger partial charge >= 0.3 is 6.03 Å². The van der Waals surface area contributed by atoms with Crippen LogP contribution in [0.4, 0.5) is 16.2 Å². The molecule has 1 fully saturated rings. The van der Waals surface area contributed by atoms with Crippen LogP contribution >= 0.6 is 11.6 Å². The monoisotopic (exact) mass is 441 g/mol. The summed E-state index contributed by atoms with van der Waals surface area (Å²) in [5, 5.41) is 3.26. The number of anilines is 2. The zero-order valence-corrected chi connectivity index (χ0v) is 18.0. The summed E-state index contributed by atoms with van der Waals surface area (Å²) in [6, 6.07) is 12.0. The molecule has 0 radical (unpaired) electrons. The van der Waals surface area contributed by atoms with Gasteiger partial charge < -0.3 is 15.0 Å². The highest BCUT2D eigenvalue weighted by Crippen LogP contribution is 2.28. The van der Waals surface area contributed by atoms with Gasteiger partial charge in [-0.15, -0.1) is 6.58 Å². The summed E-state index contributed by atoms with van der Waals surface area (Å²) in [5.41, 5.74) is 0.981. The second kappa shape index (κ2) is 10.1. The number of carbonyl (C=O) groups is 3. The van der Waals surface area contributed by atoms with Gasteiger partial charge in [0.1, 0.15) is 11.8 Å². The van der Waals surface area contributed by atoms with E-state index in [4.69, 9.17) is 16.3 Å². The summed E-state index contributed by atoms with van der Waals surface area (Å²) in [7, 11) is 0. The topological polar surface area (TPSA) is 79.0 Å². The van der Waals surface area contributed by atoms with Crippen LogP contribution in [0.3, 0.4) is 0 Å². The Hall–Kier alpha value is -3.32. The number of rotatable bonds is 9. The molecule has 1 saturated heterocycles. The summed E-state index contributed by atoms with van der Waals surface area (Å²) in [6.45, 7) is 6.44. The lowest BCUT2D eigenvalue weighted by molar-refractivity contribution is -0.124. The molecule has 1 N–H and O–H groups in total. The highest BCUT2D eigenvalue weighted by atomic mass is 35.5. The molecule has 0 bridgehead atoms. The number of carbonyl (C=O) groups excluding carboxylic acids is 3. The van der Waals surface area contributed by atoms with Crippen LogP contribution in [0.2, 0.25) is 5.02 Å². The predicted molar refractivity (Wildman–Crippen MR) is 120 cm³/mol. The minimum Gasteiger partial charge on any atom is -0.494 e. The Morgan fingerprint density at radius 3 is 2.45 bits per heavy atom. The first kappa shape index (κ1) is 22.4. The molecular weight excluding hydrogens is 418 g/mol. The Bertz CT molecular complexity index is 960. The van der Waals surface area contributed by atoms with Crippen molar-refractivity contribution in [3.63, 3.8) is 0 Å². The first-order chi connectivity index (χ1) is 14.9. The van der Waals surface area contributed by atoms with Crippen LogP contribution in [-0.2, 0) is 9.59 Å². The molecule has 1 heterocycles. The van der Waals surface area contributed by atoms with Crippen molar-refractivity contribution in [2.45, 2.75) is 25.8 Å². The molecule has 2 aromatic carbocycles. The molecule has 31 heavy (non-hydrogen) atoms. The molecular formula is C23H24ClN3O4. The average Bonchev–Trinajstić information content (AvgIpc) is 2.98. The van der Waals surface area contributed by atoms with Gasteiger partial charge in [-0.2, -0.15) is 0 Å². The zero-order valence-electron chi connectivity index (χ0n) is 17.2. The molecule has 0 saturated carbocycles. The van der Waals surface area contributed by atoms with E-state index >= 15 is 0 Å². The number of amides is 4. The Labute approximate surface area is 186 Å². The van der Waals surface area contributed by atoms with E-state index in [0.717, 1.165) is 11.3 Å². The van der Waals surface area contributed by atoms with E-state index in [1.165, 1.54) is 11.0 Å². The molecule has 1 atom stereocenters. The third-order valence-corrected chi connectivity index (χ3v) is 4.97. The lowest BCUT2D eigenvalue weighted by atomic mass is 10.1. The summed E-state index contributed by atoms with van der Waals surface area (Å²) in [5.74, 6) is -0.125. The van der Waals surface area contributed by atoms with Crippen molar-refractivity contribution in [1.29, 1.82) is 0 Å². The van der Waals surface area contributed by atoms with Gasteiger partial charge in [-0.3, -0.25) is 9.59 Å². The van der Waals surface area contributed by atoms with Crippen molar-refractivity contribution in [1.82, 2.24) is 4.90 Å². The molecule has 1 aliphatic rings. The van der Waals surface area contributed by atoms with E-state index in [9.17, 15) is 14.4 Å².